The molecule has 1 atom stereocenters. The van der Waals surface area contributed by atoms with Gasteiger partial charge in [-0.1, -0.05) is 42.6 Å². The molecule has 3 aromatic rings. The number of hydrogen-bond acceptors (Lipinski definition) is 5. The number of unbranched alkanes of at least 4 members (excludes halogenated alkanes) is 1. The SMILES string of the molecule is CCCCNC(=O)C(C)N(Cc1ccc(Cl)cc1Cl)C(=O)CN(c1ccc(OCC)cc1)S(=O)(=O)c1ccc(F)cc1. The Balaban J connectivity index is 2.03. The number of nitrogens with one attached hydrogen (secondary N) is 1. The van der Waals surface area contributed by atoms with Crippen LogP contribution in [0, 0.1) is 5.82 Å². The van der Waals surface area contributed by atoms with E-state index < -0.39 is 40.2 Å². The van der Waals surface area contributed by atoms with Gasteiger partial charge in [0.1, 0.15) is 24.2 Å². The second-order valence-corrected chi connectivity index (χ2v) is 12.2. The first-order chi connectivity index (χ1) is 20.0. The first kappa shape index (κ1) is 33.2. The average Bonchev–Trinajstić information content (AvgIpc) is 2.96. The summed E-state index contributed by atoms with van der Waals surface area (Å²) in [6.45, 7) is 5.50. The van der Waals surface area contributed by atoms with Crippen LogP contribution in [0.3, 0.4) is 0 Å². The van der Waals surface area contributed by atoms with E-state index in [9.17, 15) is 22.4 Å². The quantitative estimate of drug-likeness (QED) is 0.217. The number of anilines is 1. The zero-order valence-corrected chi connectivity index (χ0v) is 26.0. The van der Waals surface area contributed by atoms with Crippen molar-refractivity contribution in [2.45, 2.75) is 51.1 Å². The summed E-state index contributed by atoms with van der Waals surface area (Å²) in [5, 5.41) is 3.52. The number of rotatable bonds is 14. The fourth-order valence-corrected chi connectivity index (χ4v) is 5.97. The number of sulfonamides is 1. The van der Waals surface area contributed by atoms with E-state index in [1.807, 2.05) is 13.8 Å². The van der Waals surface area contributed by atoms with Crippen LogP contribution >= 0.6 is 23.2 Å². The number of ether oxygens (including phenoxy) is 1. The summed E-state index contributed by atoms with van der Waals surface area (Å²) in [5.74, 6) is -1.13. The Kier molecular flexibility index (Phi) is 12.0. The molecule has 42 heavy (non-hydrogen) atoms. The molecule has 0 saturated heterocycles. The molecule has 0 aliphatic carbocycles. The van der Waals surface area contributed by atoms with Gasteiger partial charge in [-0.15, -0.1) is 0 Å². The Morgan fingerprint density at radius 2 is 1.67 bits per heavy atom. The molecule has 12 heteroatoms. The van der Waals surface area contributed by atoms with Crippen molar-refractivity contribution in [2.75, 3.05) is 24.0 Å². The van der Waals surface area contributed by atoms with Gasteiger partial charge < -0.3 is 15.0 Å². The van der Waals surface area contributed by atoms with Crippen LogP contribution in [0.5, 0.6) is 5.75 Å². The summed E-state index contributed by atoms with van der Waals surface area (Å²) in [6.07, 6.45) is 1.63. The van der Waals surface area contributed by atoms with Crippen LogP contribution in [0.4, 0.5) is 10.1 Å². The standard InChI is InChI=1S/C30H34Cl2FN3O5S/c1-4-6-17-34-30(38)21(3)35(19-22-7-8-23(31)18-28(22)32)29(37)20-36(25-11-13-26(14-12-25)41-5-2)42(39,40)27-15-9-24(33)10-16-27/h7-16,18,21H,4-6,17,19-20H2,1-3H3,(H,34,38). The summed E-state index contributed by atoms with van der Waals surface area (Å²) in [7, 11) is -4.34. The van der Waals surface area contributed by atoms with Gasteiger partial charge in [-0.2, -0.15) is 0 Å². The molecule has 0 heterocycles. The molecule has 0 aliphatic heterocycles. The minimum absolute atomic E-state index is 0.0785. The maximum Gasteiger partial charge on any atom is 0.264 e. The summed E-state index contributed by atoms with van der Waals surface area (Å²) in [4.78, 5) is 28.1. The van der Waals surface area contributed by atoms with E-state index >= 15 is 0 Å². The highest BCUT2D eigenvalue weighted by Gasteiger charge is 2.33. The maximum atomic E-state index is 14.0. The molecule has 0 radical (unpaired) electrons. The Bertz CT molecular complexity index is 1470. The molecule has 0 fully saturated rings. The number of nitrogens with zero attached hydrogens (tertiary/aromatic N) is 2. The van der Waals surface area contributed by atoms with E-state index in [1.54, 1.807) is 31.2 Å². The molecule has 226 valence electrons. The number of carbonyl (C=O) groups is 2. The van der Waals surface area contributed by atoms with Gasteiger partial charge in [-0.05, 0) is 86.5 Å². The van der Waals surface area contributed by atoms with Gasteiger partial charge in [0.2, 0.25) is 11.8 Å². The lowest BCUT2D eigenvalue weighted by Crippen LogP contribution is -2.51. The topological polar surface area (TPSA) is 96.0 Å². The number of benzene rings is 3. The zero-order valence-electron chi connectivity index (χ0n) is 23.6. The molecule has 0 bridgehead atoms. The summed E-state index contributed by atoms with van der Waals surface area (Å²) in [5.41, 5.74) is 0.706. The number of hydrogen-bond donors (Lipinski definition) is 1. The van der Waals surface area contributed by atoms with Crippen LogP contribution in [-0.2, 0) is 26.2 Å². The van der Waals surface area contributed by atoms with E-state index in [0.29, 0.717) is 34.5 Å². The van der Waals surface area contributed by atoms with Crippen LogP contribution in [0.15, 0.2) is 71.6 Å². The number of carbonyl (C=O) groups excluding carboxylic acids is 2. The third kappa shape index (κ3) is 8.59. The van der Waals surface area contributed by atoms with E-state index in [4.69, 9.17) is 27.9 Å². The van der Waals surface area contributed by atoms with E-state index in [0.717, 1.165) is 41.4 Å². The number of amides is 2. The molecule has 0 aromatic heterocycles. The van der Waals surface area contributed by atoms with Gasteiger partial charge in [-0.25, -0.2) is 12.8 Å². The lowest BCUT2D eigenvalue weighted by atomic mass is 10.1. The minimum atomic E-state index is -4.34. The van der Waals surface area contributed by atoms with Gasteiger partial charge >= 0.3 is 0 Å². The fraction of sp³-hybridized carbons (Fsp3) is 0.333. The van der Waals surface area contributed by atoms with Crippen LogP contribution in [0.25, 0.3) is 0 Å². The Labute approximate surface area is 256 Å². The second kappa shape index (κ2) is 15.2. The molecule has 0 spiro atoms. The number of halogens is 3. The van der Waals surface area contributed by atoms with Crippen molar-refractivity contribution in [3.63, 3.8) is 0 Å². The predicted octanol–water partition coefficient (Wildman–Crippen LogP) is 6.06. The van der Waals surface area contributed by atoms with E-state index in [1.165, 1.54) is 23.1 Å². The van der Waals surface area contributed by atoms with Crippen molar-refractivity contribution >= 4 is 50.7 Å². The highest BCUT2D eigenvalue weighted by atomic mass is 35.5. The maximum absolute atomic E-state index is 14.0. The molecule has 1 unspecified atom stereocenters. The van der Waals surface area contributed by atoms with Crippen LogP contribution in [-0.4, -0.2) is 50.9 Å². The highest BCUT2D eigenvalue weighted by Crippen LogP contribution is 2.28. The average molecular weight is 639 g/mol. The van der Waals surface area contributed by atoms with E-state index in [2.05, 4.69) is 5.32 Å². The minimum Gasteiger partial charge on any atom is -0.494 e. The molecule has 0 saturated carbocycles. The molecule has 8 nitrogen and oxygen atoms in total. The normalized spacial score (nSPS) is 12.0. The third-order valence-electron chi connectivity index (χ3n) is 6.47. The van der Waals surface area contributed by atoms with Crippen LogP contribution in [0.2, 0.25) is 10.0 Å². The van der Waals surface area contributed by atoms with Crippen molar-refractivity contribution < 1.29 is 27.1 Å². The Hall–Kier alpha value is -3.34. The fourth-order valence-electron chi connectivity index (χ4n) is 4.09. The molecular weight excluding hydrogens is 604 g/mol. The molecule has 0 aliphatic rings. The monoisotopic (exact) mass is 637 g/mol. The van der Waals surface area contributed by atoms with Gasteiger partial charge in [-0.3, -0.25) is 13.9 Å². The molecule has 1 N–H and O–H groups in total. The third-order valence-corrected chi connectivity index (χ3v) is 8.84. The van der Waals surface area contributed by atoms with Crippen molar-refractivity contribution in [1.82, 2.24) is 10.2 Å². The largest absolute Gasteiger partial charge is 0.494 e. The lowest BCUT2D eigenvalue weighted by Gasteiger charge is -2.32. The first-order valence-corrected chi connectivity index (χ1v) is 15.7. The second-order valence-electron chi connectivity index (χ2n) is 9.47. The highest BCUT2D eigenvalue weighted by molar-refractivity contribution is 7.92. The van der Waals surface area contributed by atoms with E-state index in [-0.39, 0.29) is 17.1 Å². The Morgan fingerprint density at radius 3 is 2.26 bits per heavy atom. The molecule has 2 amide bonds. The van der Waals surface area contributed by atoms with Crippen LogP contribution < -0.4 is 14.4 Å². The van der Waals surface area contributed by atoms with Crippen molar-refractivity contribution in [2.24, 2.45) is 0 Å². The summed E-state index contributed by atoms with van der Waals surface area (Å²) < 4.78 is 47.7. The van der Waals surface area contributed by atoms with Gasteiger partial charge in [0.25, 0.3) is 10.0 Å². The molecule has 3 rings (SSSR count). The van der Waals surface area contributed by atoms with Gasteiger partial charge in [0, 0.05) is 23.1 Å². The molecule has 3 aromatic carbocycles. The smallest absolute Gasteiger partial charge is 0.264 e. The molecular formula is C30H34Cl2FN3O5S. The summed E-state index contributed by atoms with van der Waals surface area (Å²) >= 11 is 12.5. The first-order valence-electron chi connectivity index (χ1n) is 13.5. The Morgan fingerprint density at radius 1 is 1.00 bits per heavy atom. The van der Waals surface area contributed by atoms with Crippen molar-refractivity contribution in [1.29, 1.82) is 0 Å². The van der Waals surface area contributed by atoms with Gasteiger partial charge in [0.05, 0.1) is 17.2 Å². The lowest BCUT2D eigenvalue weighted by molar-refractivity contribution is -0.139. The van der Waals surface area contributed by atoms with Gasteiger partial charge in [0.15, 0.2) is 0 Å². The van der Waals surface area contributed by atoms with Crippen molar-refractivity contribution in [3.05, 3.63) is 88.2 Å². The predicted molar refractivity (Wildman–Crippen MR) is 163 cm³/mol. The van der Waals surface area contributed by atoms with Crippen LogP contribution in [0.1, 0.15) is 39.2 Å². The van der Waals surface area contributed by atoms with Crippen molar-refractivity contribution in [3.8, 4) is 5.75 Å². The zero-order chi connectivity index (χ0) is 30.9. The summed E-state index contributed by atoms with van der Waals surface area (Å²) in [6, 6.07) is 14.4.